The number of hydrogen-bond acceptors (Lipinski definition) is 2. The first-order valence-corrected chi connectivity index (χ1v) is 2.85. The second-order valence-electron chi connectivity index (χ2n) is 0.827. The Balaban J connectivity index is -0.0000000600. The summed E-state index contributed by atoms with van der Waals surface area (Å²) in [6.07, 6.45) is 0. The number of hydrogen-bond donors (Lipinski definition) is 3. The van der Waals surface area contributed by atoms with Crippen LogP contribution in [0.1, 0.15) is 0 Å². The first kappa shape index (κ1) is 22.9. The third-order valence-corrected chi connectivity index (χ3v) is 0.748. The van der Waals surface area contributed by atoms with E-state index in [1.54, 1.807) is 0 Å². The molecule has 0 atom stereocenters. The monoisotopic (exact) mass is 198 g/mol. The third-order valence-electron chi connectivity index (χ3n) is 0.249. The van der Waals surface area contributed by atoms with Crippen molar-refractivity contribution < 1.29 is 24.3 Å². The van der Waals surface area contributed by atoms with E-state index in [2.05, 4.69) is 0 Å². The third kappa shape index (κ3) is 13.2. The molecule has 0 saturated carbocycles. The van der Waals surface area contributed by atoms with Crippen LogP contribution >= 0.6 is 7.60 Å². The average molecular weight is 198 g/mol. The van der Waals surface area contributed by atoms with E-state index in [0.717, 1.165) is 0 Å². The van der Waals surface area contributed by atoms with Crippen LogP contribution in [-0.2, 0) is 4.57 Å². The van der Waals surface area contributed by atoms with Crippen LogP contribution in [0.4, 0.5) is 4.79 Å². The van der Waals surface area contributed by atoms with Crippen molar-refractivity contribution in [2.45, 2.75) is 0 Å². The van der Waals surface area contributed by atoms with Crippen molar-refractivity contribution in [2.24, 2.45) is 0 Å². The van der Waals surface area contributed by atoms with E-state index in [4.69, 9.17) is 14.9 Å². The van der Waals surface area contributed by atoms with E-state index in [-0.39, 0.29) is 88.7 Å². The fraction of sp³-hybridized carbons (Fsp3) is 0. The van der Waals surface area contributed by atoms with Crippen molar-refractivity contribution in [1.82, 2.24) is 0 Å². The molecule has 0 aromatic heterocycles. The molecule has 0 aromatic rings. The second kappa shape index (κ2) is 9.71. The van der Waals surface area contributed by atoms with Crippen molar-refractivity contribution in [3.05, 3.63) is 0 Å². The van der Waals surface area contributed by atoms with Crippen LogP contribution in [0.2, 0.25) is 0 Å². The molecule has 0 heterocycles. The molecular formula is CH6Na3O5P. The maximum absolute atomic E-state index is 9.43. The molecule has 5 nitrogen and oxygen atoms in total. The van der Waals surface area contributed by atoms with E-state index in [1.165, 1.54) is 0 Å². The topological polar surface area (TPSA) is 94.8 Å². The predicted octanol–water partition coefficient (Wildman–Crippen LogP) is -2.10. The molecule has 0 unspecified atom stereocenters. The molecule has 0 spiro atoms. The van der Waals surface area contributed by atoms with Crippen molar-refractivity contribution >= 4 is 102 Å². The standard InChI is InChI=1S/CH3O5P.3Na.3H/c2-1(3)7(4,5)6;;;;;;/h(H,2,3)(H2,4,5,6);;;;;;. The van der Waals surface area contributed by atoms with Gasteiger partial charge >= 0.3 is 102 Å². The van der Waals surface area contributed by atoms with Gasteiger partial charge in [-0.3, -0.25) is 0 Å². The zero-order chi connectivity index (χ0) is 6.08. The molecule has 48 valence electrons. The SMILES string of the molecule is O=C(O)P(=O)(O)O.[NaH].[NaH].[NaH]. The van der Waals surface area contributed by atoms with Crippen LogP contribution in [0.15, 0.2) is 0 Å². The minimum absolute atomic E-state index is 0. The Bertz CT molecular complexity index is 129. The molecular weight excluding hydrogens is 192 g/mol. The van der Waals surface area contributed by atoms with Gasteiger partial charge in [-0.05, 0) is 0 Å². The molecule has 0 rings (SSSR count). The summed E-state index contributed by atoms with van der Waals surface area (Å²) in [6.45, 7) is 0. The Kier molecular flexibility index (Phi) is 22.3. The molecule has 0 aromatic carbocycles. The molecule has 0 amide bonds. The van der Waals surface area contributed by atoms with E-state index >= 15 is 0 Å². The van der Waals surface area contributed by atoms with Crippen molar-refractivity contribution in [3.63, 3.8) is 0 Å². The zero-order valence-electron chi connectivity index (χ0n) is 3.11. The summed E-state index contributed by atoms with van der Waals surface area (Å²) < 4.78 is 9.43. The fourth-order valence-electron chi connectivity index (χ4n) is 0. The molecule has 0 saturated heterocycles. The van der Waals surface area contributed by atoms with Gasteiger partial charge in [0.2, 0.25) is 0 Å². The quantitative estimate of drug-likeness (QED) is 0.331. The Morgan fingerprint density at radius 2 is 1.20 bits per heavy atom. The zero-order valence-corrected chi connectivity index (χ0v) is 4.00. The van der Waals surface area contributed by atoms with Crippen LogP contribution in [0.25, 0.3) is 0 Å². The number of carboxylic acid groups (broad SMARTS) is 1. The summed E-state index contributed by atoms with van der Waals surface area (Å²) >= 11 is 0. The van der Waals surface area contributed by atoms with E-state index in [0.29, 0.717) is 0 Å². The van der Waals surface area contributed by atoms with Crippen LogP contribution in [0, 0.1) is 0 Å². The van der Waals surface area contributed by atoms with Gasteiger partial charge in [0.15, 0.2) is 0 Å². The van der Waals surface area contributed by atoms with Gasteiger partial charge in [0.25, 0.3) is 0 Å². The summed E-state index contributed by atoms with van der Waals surface area (Å²) in [6, 6.07) is 0. The molecule has 9 heteroatoms. The Morgan fingerprint density at radius 1 is 1.10 bits per heavy atom. The van der Waals surface area contributed by atoms with Crippen LogP contribution in [0.3, 0.4) is 0 Å². The molecule has 10 heavy (non-hydrogen) atoms. The van der Waals surface area contributed by atoms with Gasteiger partial charge < -0.3 is 14.9 Å². The number of rotatable bonds is 1. The maximum atomic E-state index is 9.43. The Hall–Kier alpha value is 2.62. The first-order valence-electron chi connectivity index (χ1n) is 1.23. The molecule has 0 aliphatic heterocycles. The van der Waals surface area contributed by atoms with Gasteiger partial charge in [-0.15, -0.1) is 0 Å². The average Bonchev–Trinajstić information content (AvgIpc) is 1.31. The van der Waals surface area contributed by atoms with E-state index in [1.807, 2.05) is 0 Å². The first-order chi connectivity index (χ1) is 2.94. The molecule has 0 aliphatic rings. The van der Waals surface area contributed by atoms with E-state index < -0.39 is 13.3 Å². The summed E-state index contributed by atoms with van der Waals surface area (Å²) in [5.41, 5.74) is -2.09. The molecule has 3 N–H and O–H groups in total. The van der Waals surface area contributed by atoms with Gasteiger partial charge in [-0.25, -0.2) is 9.36 Å². The minimum atomic E-state index is -4.82. The van der Waals surface area contributed by atoms with Crippen molar-refractivity contribution in [1.29, 1.82) is 0 Å². The second-order valence-corrected chi connectivity index (χ2v) is 2.30. The van der Waals surface area contributed by atoms with E-state index in [9.17, 15) is 9.36 Å². The molecule has 0 bridgehead atoms. The summed E-state index contributed by atoms with van der Waals surface area (Å²) in [5, 5.41) is 7.49. The number of carbonyl (C=O) groups is 1. The molecule has 0 aliphatic carbocycles. The van der Waals surface area contributed by atoms with Crippen LogP contribution in [-0.4, -0.2) is 109 Å². The molecule has 0 fully saturated rings. The van der Waals surface area contributed by atoms with Crippen LogP contribution in [0.5, 0.6) is 0 Å². The fourth-order valence-corrected chi connectivity index (χ4v) is 0. The van der Waals surface area contributed by atoms with Crippen molar-refractivity contribution in [2.75, 3.05) is 0 Å². The summed E-state index contributed by atoms with van der Waals surface area (Å²) in [5.74, 6) is 0. The van der Waals surface area contributed by atoms with Gasteiger partial charge in [0.05, 0.1) is 0 Å². The predicted molar refractivity (Wildman–Crippen MR) is 41.5 cm³/mol. The van der Waals surface area contributed by atoms with Crippen LogP contribution < -0.4 is 0 Å². The van der Waals surface area contributed by atoms with Gasteiger partial charge in [0, 0.05) is 0 Å². The summed E-state index contributed by atoms with van der Waals surface area (Å²) in [7, 11) is -4.82. The van der Waals surface area contributed by atoms with Gasteiger partial charge in [-0.1, -0.05) is 0 Å². The van der Waals surface area contributed by atoms with Crippen molar-refractivity contribution in [3.8, 4) is 0 Å². The Labute approximate surface area is 124 Å². The normalized spacial score (nSPS) is 7.80. The Morgan fingerprint density at radius 3 is 1.20 bits per heavy atom. The summed E-state index contributed by atoms with van der Waals surface area (Å²) in [4.78, 5) is 24.5. The van der Waals surface area contributed by atoms with Gasteiger partial charge in [0.1, 0.15) is 0 Å². The van der Waals surface area contributed by atoms with Gasteiger partial charge in [-0.2, -0.15) is 0 Å². The molecule has 0 radical (unpaired) electrons.